The number of rotatable bonds is 6. The summed E-state index contributed by atoms with van der Waals surface area (Å²) in [6, 6.07) is 4.00. The van der Waals surface area contributed by atoms with E-state index >= 15 is 0 Å². The van der Waals surface area contributed by atoms with E-state index in [9.17, 15) is 0 Å². The van der Waals surface area contributed by atoms with Crippen LogP contribution in [0.3, 0.4) is 0 Å². The van der Waals surface area contributed by atoms with Crippen LogP contribution >= 0.6 is 24.0 Å². The first-order chi connectivity index (χ1) is 13.3. The molecule has 7 heteroatoms. The number of nitrogens with zero attached hydrogens (tertiary/aromatic N) is 3. The summed E-state index contributed by atoms with van der Waals surface area (Å²) in [4.78, 5) is 9.95. The number of hydrogen-bond donors (Lipinski definition) is 1. The van der Waals surface area contributed by atoms with E-state index in [0.717, 1.165) is 70.6 Å². The molecular formula is C21H35IN4O2. The molecule has 0 bridgehead atoms. The average molecular weight is 502 g/mol. The highest BCUT2D eigenvalue weighted by molar-refractivity contribution is 14.0. The van der Waals surface area contributed by atoms with Crippen LogP contribution in [0, 0.1) is 5.41 Å². The van der Waals surface area contributed by atoms with Gasteiger partial charge in [0, 0.05) is 45.7 Å². The van der Waals surface area contributed by atoms with Crippen LogP contribution in [0.25, 0.3) is 0 Å². The van der Waals surface area contributed by atoms with Crippen molar-refractivity contribution in [2.24, 2.45) is 10.4 Å². The SMILES string of the molecule is I.c1coc(CCNC(=NCCN2CCOCC2)N2CCC3(CCCC3)C2)c1. The van der Waals surface area contributed by atoms with Gasteiger partial charge in [0.15, 0.2) is 5.96 Å². The summed E-state index contributed by atoms with van der Waals surface area (Å²) in [5, 5.41) is 3.62. The molecule has 1 N–H and O–H groups in total. The van der Waals surface area contributed by atoms with Gasteiger partial charge in [-0.25, -0.2) is 0 Å². The van der Waals surface area contributed by atoms with Gasteiger partial charge < -0.3 is 19.4 Å². The Morgan fingerprint density at radius 3 is 2.71 bits per heavy atom. The Kier molecular flexibility index (Phi) is 8.47. The highest BCUT2D eigenvalue weighted by Gasteiger charge is 2.41. The zero-order chi connectivity index (χ0) is 18.4. The zero-order valence-corrected chi connectivity index (χ0v) is 19.2. The van der Waals surface area contributed by atoms with Crippen molar-refractivity contribution in [1.82, 2.24) is 15.1 Å². The Morgan fingerprint density at radius 1 is 1.14 bits per heavy atom. The van der Waals surface area contributed by atoms with E-state index in [1.54, 1.807) is 6.26 Å². The molecular weight excluding hydrogens is 467 g/mol. The topological polar surface area (TPSA) is 53.2 Å². The van der Waals surface area contributed by atoms with Crippen molar-refractivity contribution in [2.45, 2.75) is 38.5 Å². The highest BCUT2D eigenvalue weighted by Crippen LogP contribution is 2.45. The quantitative estimate of drug-likeness (QED) is 0.369. The van der Waals surface area contributed by atoms with Gasteiger partial charge in [0.2, 0.25) is 0 Å². The predicted octanol–water partition coefficient (Wildman–Crippen LogP) is 2.98. The second kappa shape index (κ2) is 10.8. The second-order valence-electron chi connectivity index (χ2n) is 8.29. The molecule has 0 atom stereocenters. The summed E-state index contributed by atoms with van der Waals surface area (Å²) in [7, 11) is 0. The summed E-state index contributed by atoms with van der Waals surface area (Å²) in [6.07, 6.45) is 9.58. The van der Waals surface area contributed by atoms with Crippen molar-refractivity contribution in [1.29, 1.82) is 0 Å². The zero-order valence-electron chi connectivity index (χ0n) is 16.9. The molecule has 4 rings (SSSR count). The number of furan rings is 1. The number of nitrogens with one attached hydrogen (secondary N) is 1. The number of aliphatic imine (C=N–C) groups is 1. The Labute approximate surface area is 186 Å². The van der Waals surface area contributed by atoms with E-state index in [1.807, 2.05) is 12.1 Å². The minimum atomic E-state index is 0. The van der Waals surface area contributed by atoms with Gasteiger partial charge in [0.25, 0.3) is 0 Å². The van der Waals surface area contributed by atoms with E-state index in [4.69, 9.17) is 14.1 Å². The molecule has 2 saturated heterocycles. The maximum Gasteiger partial charge on any atom is 0.194 e. The summed E-state index contributed by atoms with van der Waals surface area (Å²) < 4.78 is 10.9. The molecule has 1 saturated carbocycles. The molecule has 3 heterocycles. The van der Waals surface area contributed by atoms with E-state index in [2.05, 4.69) is 15.1 Å². The Hall–Kier alpha value is -0.800. The number of halogens is 1. The van der Waals surface area contributed by atoms with E-state index < -0.39 is 0 Å². The molecule has 1 aromatic heterocycles. The van der Waals surface area contributed by atoms with Crippen molar-refractivity contribution in [3.8, 4) is 0 Å². The molecule has 1 aromatic rings. The third-order valence-corrected chi connectivity index (χ3v) is 6.42. The van der Waals surface area contributed by atoms with Crippen molar-refractivity contribution >= 4 is 29.9 Å². The Balaban J connectivity index is 0.00000225. The van der Waals surface area contributed by atoms with Gasteiger partial charge in [-0.3, -0.25) is 9.89 Å². The lowest BCUT2D eigenvalue weighted by Crippen LogP contribution is -2.43. The van der Waals surface area contributed by atoms with Crippen molar-refractivity contribution in [3.05, 3.63) is 24.2 Å². The molecule has 0 amide bonds. The molecule has 0 unspecified atom stereocenters. The molecule has 2 aliphatic heterocycles. The van der Waals surface area contributed by atoms with Crippen LogP contribution in [0.15, 0.2) is 27.8 Å². The number of morpholine rings is 1. The van der Waals surface area contributed by atoms with Crippen molar-refractivity contribution in [2.75, 3.05) is 59.0 Å². The summed E-state index contributed by atoms with van der Waals surface area (Å²) in [5.41, 5.74) is 0.563. The normalized spacial score (nSPS) is 22.6. The second-order valence-corrected chi connectivity index (χ2v) is 8.29. The summed E-state index contributed by atoms with van der Waals surface area (Å²) in [5.74, 6) is 2.13. The fourth-order valence-corrected chi connectivity index (χ4v) is 4.79. The maximum absolute atomic E-state index is 5.47. The summed E-state index contributed by atoms with van der Waals surface area (Å²) in [6.45, 7) is 8.83. The first kappa shape index (κ1) is 21.9. The van der Waals surface area contributed by atoms with Gasteiger partial charge in [-0.1, -0.05) is 12.8 Å². The molecule has 6 nitrogen and oxygen atoms in total. The number of ether oxygens (including phenoxy) is 1. The van der Waals surface area contributed by atoms with Gasteiger partial charge >= 0.3 is 0 Å². The fourth-order valence-electron chi connectivity index (χ4n) is 4.79. The molecule has 3 aliphatic rings. The van der Waals surface area contributed by atoms with Gasteiger partial charge in [-0.2, -0.15) is 0 Å². The van der Waals surface area contributed by atoms with Gasteiger partial charge in [0.05, 0.1) is 26.0 Å². The number of hydrogen-bond acceptors (Lipinski definition) is 4. The minimum Gasteiger partial charge on any atom is -0.469 e. The van der Waals surface area contributed by atoms with Crippen LogP contribution in [0.1, 0.15) is 37.9 Å². The average Bonchev–Trinajstić information content (AvgIpc) is 3.45. The standard InChI is InChI=1S/C21H34N4O2.HI/c1-2-7-21(6-1)8-11-25(18-21)20(22-9-5-19-4-3-15-27-19)23-10-12-24-13-16-26-17-14-24;/h3-4,15H,1-2,5-14,16-18H2,(H,22,23);1H. The molecule has 158 valence electrons. The Bertz CT molecular complexity index is 596. The molecule has 3 fully saturated rings. The summed E-state index contributed by atoms with van der Waals surface area (Å²) >= 11 is 0. The first-order valence-corrected chi connectivity index (χ1v) is 10.7. The predicted molar refractivity (Wildman–Crippen MR) is 122 cm³/mol. The number of likely N-dealkylation sites (tertiary alicyclic amines) is 1. The van der Waals surface area contributed by atoms with Crippen molar-refractivity contribution < 1.29 is 9.15 Å². The van der Waals surface area contributed by atoms with Gasteiger partial charge in [0.1, 0.15) is 5.76 Å². The van der Waals surface area contributed by atoms with Crippen molar-refractivity contribution in [3.63, 3.8) is 0 Å². The molecule has 1 aliphatic carbocycles. The monoisotopic (exact) mass is 502 g/mol. The van der Waals surface area contributed by atoms with Crippen LogP contribution in [-0.4, -0.2) is 74.8 Å². The van der Waals surface area contributed by atoms with Crippen LogP contribution in [0.2, 0.25) is 0 Å². The smallest absolute Gasteiger partial charge is 0.194 e. The van der Waals surface area contributed by atoms with Crippen LogP contribution in [0.4, 0.5) is 0 Å². The molecule has 1 spiro atoms. The lowest BCUT2D eigenvalue weighted by molar-refractivity contribution is 0.0394. The Morgan fingerprint density at radius 2 is 1.96 bits per heavy atom. The maximum atomic E-state index is 5.47. The lowest BCUT2D eigenvalue weighted by Gasteiger charge is -2.27. The minimum absolute atomic E-state index is 0. The molecule has 28 heavy (non-hydrogen) atoms. The number of guanidine groups is 1. The molecule has 0 aromatic carbocycles. The highest BCUT2D eigenvalue weighted by atomic mass is 127. The third-order valence-electron chi connectivity index (χ3n) is 6.42. The van der Waals surface area contributed by atoms with E-state index in [0.29, 0.717) is 5.41 Å². The fraction of sp³-hybridized carbons (Fsp3) is 0.762. The largest absolute Gasteiger partial charge is 0.469 e. The van der Waals surface area contributed by atoms with Crippen LogP contribution in [-0.2, 0) is 11.2 Å². The third kappa shape index (κ3) is 5.86. The van der Waals surface area contributed by atoms with E-state index in [1.165, 1.54) is 38.6 Å². The van der Waals surface area contributed by atoms with E-state index in [-0.39, 0.29) is 24.0 Å². The van der Waals surface area contributed by atoms with Crippen LogP contribution in [0.5, 0.6) is 0 Å². The lowest BCUT2D eigenvalue weighted by atomic mass is 9.86. The van der Waals surface area contributed by atoms with Crippen LogP contribution < -0.4 is 5.32 Å². The first-order valence-electron chi connectivity index (χ1n) is 10.7. The molecule has 0 radical (unpaired) electrons. The van der Waals surface area contributed by atoms with Gasteiger partial charge in [-0.15, -0.1) is 24.0 Å². The van der Waals surface area contributed by atoms with Gasteiger partial charge in [-0.05, 0) is 36.8 Å².